The highest BCUT2D eigenvalue weighted by atomic mass is 35.5. The van der Waals surface area contributed by atoms with Crippen LogP contribution in [0.5, 0.6) is 0 Å². The van der Waals surface area contributed by atoms with Crippen LogP contribution in [-0.4, -0.2) is 13.1 Å². The van der Waals surface area contributed by atoms with Gasteiger partial charge in [0.15, 0.2) is 0 Å². The molecule has 86 valence electrons. The van der Waals surface area contributed by atoms with Gasteiger partial charge < -0.3 is 9.46 Å². The fourth-order valence-corrected chi connectivity index (χ4v) is 1.77. The van der Waals surface area contributed by atoms with Gasteiger partial charge in [-0.25, -0.2) is 4.79 Å². The Bertz CT molecular complexity index is 378. The zero-order chi connectivity index (χ0) is 12.0. The van der Waals surface area contributed by atoms with Crippen molar-refractivity contribution in [2.24, 2.45) is 0 Å². The molecule has 1 aromatic carbocycles. The predicted octanol–water partition coefficient (Wildman–Crippen LogP) is 2.76. The van der Waals surface area contributed by atoms with E-state index in [-0.39, 0.29) is 5.70 Å². The minimum Gasteiger partial charge on any atom is -0.464 e. The standard InChI is InChI=1S/C11H12ClNO2S/c1-8(11(14)15-2)13-16-7-9-3-5-10(12)6-4-9/h3-6,13H,1,7H2,2H3. The molecule has 0 aliphatic heterocycles. The summed E-state index contributed by atoms with van der Waals surface area (Å²) >= 11 is 7.13. The summed E-state index contributed by atoms with van der Waals surface area (Å²) in [4.78, 5) is 11.0. The third-order valence-corrected chi connectivity index (χ3v) is 2.90. The second-order valence-electron chi connectivity index (χ2n) is 2.99. The monoisotopic (exact) mass is 257 g/mol. The molecule has 0 unspecified atom stereocenters. The number of hydrogen-bond acceptors (Lipinski definition) is 4. The number of benzene rings is 1. The van der Waals surface area contributed by atoms with E-state index in [1.807, 2.05) is 24.3 Å². The van der Waals surface area contributed by atoms with Crippen LogP contribution in [0.3, 0.4) is 0 Å². The molecule has 16 heavy (non-hydrogen) atoms. The van der Waals surface area contributed by atoms with Gasteiger partial charge in [-0.05, 0) is 29.6 Å². The molecule has 0 heterocycles. The van der Waals surface area contributed by atoms with E-state index in [0.29, 0.717) is 10.8 Å². The fraction of sp³-hybridized carbons (Fsp3) is 0.182. The Balaban J connectivity index is 2.33. The van der Waals surface area contributed by atoms with E-state index in [1.54, 1.807) is 0 Å². The molecule has 0 saturated heterocycles. The second-order valence-corrected chi connectivity index (χ2v) is 4.21. The Morgan fingerprint density at radius 1 is 1.50 bits per heavy atom. The second kappa shape index (κ2) is 6.45. The van der Waals surface area contributed by atoms with E-state index in [0.717, 1.165) is 5.56 Å². The first-order valence-electron chi connectivity index (χ1n) is 4.53. The van der Waals surface area contributed by atoms with Crippen molar-refractivity contribution in [1.82, 2.24) is 4.72 Å². The number of rotatable bonds is 5. The van der Waals surface area contributed by atoms with E-state index in [2.05, 4.69) is 16.0 Å². The highest BCUT2D eigenvalue weighted by molar-refractivity contribution is 7.96. The molecule has 1 aromatic rings. The van der Waals surface area contributed by atoms with Gasteiger partial charge in [0, 0.05) is 10.8 Å². The molecule has 0 radical (unpaired) electrons. The van der Waals surface area contributed by atoms with E-state index in [9.17, 15) is 4.79 Å². The molecule has 1 rings (SSSR count). The van der Waals surface area contributed by atoms with Crippen molar-refractivity contribution in [2.75, 3.05) is 7.11 Å². The SMILES string of the molecule is C=C(NSCc1ccc(Cl)cc1)C(=O)OC. The topological polar surface area (TPSA) is 38.3 Å². The van der Waals surface area contributed by atoms with Crippen LogP contribution in [0.25, 0.3) is 0 Å². The predicted molar refractivity (Wildman–Crippen MR) is 67.0 cm³/mol. The van der Waals surface area contributed by atoms with E-state index < -0.39 is 5.97 Å². The zero-order valence-corrected chi connectivity index (χ0v) is 10.4. The van der Waals surface area contributed by atoms with Crippen LogP contribution in [-0.2, 0) is 15.3 Å². The van der Waals surface area contributed by atoms with Gasteiger partial charge in [-0.15, -0.1) is 0 Å². The van der Waals surface area contributed by atoms with Gasteiger partial charge in [-0.1, -0.05) is 30.3 Å². The minimum atomic E-state index is -0.455. The summed E-state index contributed by atoms with van der Waals surface area (Å²) in [5, 5.41) is 0.709. The average Bonchev–Trinajstić information content (AvgIpc) is 2.30. The highest BCUT2D eigenvalue weighted by Gasteiger charge is 2.05. The molecule has 3 nitrogen and oxygen atoms in total. The van der Waals surface area contributed by atoms with Crippen molar-refractivity contribution in [3.63, 3.8) is 0 Å². The van der Waals surface area contributed by atoms with Crippen LogP contribution in [0.4, 0.5) is 0 Å². The van der Waals surface area contributed by atoms with E-state index >= 15 is 0 Å². The van der Waals surface area contributed by atoms with Crippen LogP contribution < -0.4 is 4.72 Å². The van der Waals surface area contributed by atoms with Crippen LogP contribution in [0.1, 0.15) is 5.56 Å². The first-order chi connectivity index (χ1) is 7.63. The van der Waals surface area contributed by atoms with Crippen LogP contribution in [0.2, 0.25) is 5.02 Å². The van der Waals surface area contributed by atoms with Crippen molar-refractivity contribution in [1.29, 1.82) is 0 Å². The molecular formula is C11H12ClNO2S. The lowest BCUT2D eigenvalue weighted by atomic mass is 10.2. The summed E-state index contributed by atoms with van der Waals surface area (Å²) in [6, 6.07) is 7.51. The third-order valence-electron chi connectivity index (χ3n) is 1.78. The number of carbonyl (C=O) groups is 1. The van der Waals surface area contributed by atoms with E-state index in [4.69, 9.17) is 11.6 Å². The Labute approximate surface area is 104 Å². The van der Waals surface area contributed by atoms with Gasteiger partial charge in [0.05, 0.1) is 7.11 Å². The Kier molecular flexibility index (Phi) is 5.22. The van der Waals surface area contributed by atoms with Gasteiger partial charge in [0.1, 0.15) is 5.70 Å². The summed E-state index contributed by atoms with van der Waals surface area (Å²) in [5.74, 6) is 0.260. The summed E-state index contributed by atoms with van der Waals surface area (Å²) in [6.45, 7) is 3.54. The van der Waals surface area contributed by atoms with Gasteiger partial charge >= 0.3 is 5.97 Å². The van der Waals surface area contributed by atoms with Crippen molar-refractivity contribution in [2.45, 2.75) is 5.75 Å². The highest BCUT2D eigenvalue weighted by Crippen LogP contribution is 2.14. The van der Waals surface area contributed by atoms with Gasteiger partial charge in [-0.3, -0.25) is 0 Å². The Morgan fingerprint density at radius 2 is 2.12 bits per heavy atom. The van der Waals surface area contributed by atoms with Crippen molar-refractivity contribution < 1.29 is 9.53 Å². The third kappa shape index (κ3) is 4.16. The van der Waals surface area contributed by atoms with Gasteiger partial charge in [-0.2, -0.15) is 0 Å². The summed E-state index contributed by atoms with van der Waals surface area (Å²) in [6.07, 6.45) is 0. The lowest BCUT2D eigenvalue weighted by Crippen LogP contribution is -2.14. The number of hydrogen-bond donors (Lipinski definition) is 1. The molecule has 0 aliphatic rings. The molecule has 0 bridgehead atoms. The number of ether oxygens (including phenoxy) is 1. The smallest absolute Gasteiger partial charge is 0.354 e. The molecule has 5 heteroatoms. The average molecular weight is 258 g/mol. The number of methoxy groups -OCH3 is 1. The lowest BCUT2D eigenvalue weighted by Gasteiger charge is -2.06. The molecule has 0 aliphatic carbocycles. The number of halogens is 1. The summed E-state index contributed by atoms with van der Waals surface area (Å²) in [5.41, 5.74) is 1.35. The molecule has 1 N–H and O–H groups in total. The fourth-order valence-electron chi connectivity index (χ4n) is 0.952. The minimum absolute atomic E-state index is 0.237. The van der Waals surface area contributed by atoms with Crippen molar-refractivity contribution >= 4 is 29.5 Å². The summed E-state index contributed by atoms with van der Waals surface area (Å²) < 4.78 is 7.31. The molecule has 0 spiro atoms. The molecular weight excluding hydrogens is 246 g/mol. The largest absolute Gasteiger partial charge is 0.464 e. The van der Waals surface area contributed by atoms with Gasteiger partial charge in [0.2, 0.25) is 0 Å². The van der Waals surface area contributed by atoms with Gasteiger partial charge in [0.25, 0.3) is 0 Å². The summed E-state index contributed by atoms with van der Waals surface area (Å²) in [7, 11) is 1.32. The quantitative estimate of drug-likeness (QED) is 0.500. The number of esters is 1. The van der Waals surface area contributed by atoms with Crippen molar-refractivity contribution in [3.05, 3.63) is 47.1 Å². The molecule has 0 atom stereocenters. The van der Waals surface area contributed by atoms with Crippen LogP contribution in [0.15, 0.2) is 36.5 Å². The Morgan fingerprint density at radius 3 is 2.69 bits per heavy atom. The maximum absolute atomic E-state index is 11.0. The molecule has 0 amide bonds. The van der Waals surface area contributed by atoms with Crippen molar-refractivity contribution in [3.8, 4) is 0 Å². The number of carbonyl (C=O) groups excluding carboxylic acids is 1. The number of nitrogens with one attached hydrogen (secondary N) is 1. The van der Waals surface area contributed by atoms with Crippen LogP contribution in [0, 0.1) is 0 Å². The van der Waals surface area contributed by atoms with Crippen LogP contribution >= 0.6 is 23.5 Å². The molecule has 0 saturated carbocycles. The lowest BCUT2D eigenvalue weighted by molar-refractivity contribution is -0.136. The normalized spacial score (nSPS) is 9.62. The Hall–Kier alpha value is -1.13. The first-order valence-corrected chi connectivity index (χ1v) is 5.89. The molecule has 0 fully saturated rings. The zero-order valence-electron chi connectivity index (χ0n) is 8.83. The maximum Gasteiger partial charge on any atom is 0.354 e. The molecule has 0 aromatic heterocycles. The van der Waals surface area contributed by atoms with E-state index in [1.165, 1.54) is 19.1 Å². The first kappa shape index (κ1) is 12.9. The maximum atomic E-state index is 11.0.